The highest BCUT2D eigenvalue weighted by Crippen LogP contribution is 2.33. The second-order valence-electron chi connectivity index (χ2n) is 5.49. The summed E-state index contributed by atoms with van der Waals surface area (Å²) in [6.07, 6.45) is 1.10. The Morgan fingerprint density at radius 2 is 2.00 bits per heavy atom. The molecule has 1 unspecified atom stereocenters. The topological polar surface area (TPSA) is 24.5 Å². The molecule has 1 aliphatic rings. The second-order valence-corrected chi connectivity index (χ2v) is 5.49. The molecule has 0 aliphatic carbocycles. The largest absolute Gasteiger partial charge is 0.497 e. The fourth-order valence-corrected chi connectivity index (χ4v) is 3.05. The molecule has 2 aromatic rings. The molecule has 3 rings (SSSR count). The van der Waals surface area contributed by atoms with E-state index in [1.54, 1.807) is 7.11 Å². The number of nitrogens with one attached hydrogen (secondary N) is 1. The van der Waals surface area contributed by atoms with Gasteiger partial charge in [-0.2, -0.15) is 0 Å². The molecule has 3 heteroatoms. The van der Waals surface area contributed by atoms with Crippen LogP contribution in [0.5, 0.6) is 5.75 Å². The van der Waals surface area contributed by atoms with Crippen molar-refractivity contribution in [2.45, 2.75) is 19.0 Å². The average molecular weight is 282 g/mol. The lowest BCUT2D eigenvalue weighted by atomic mass is 9.98. The van der Waals surface area contributed by atoms with Crippen molar-refractivity contribution >= 4 is 5.69 Å². The molecule has 1 heterocycles. The van der Waals surface area contributed by atoms with Gasteiger partial charge in [0.05, 0.1) is 13.2 Å². The van der Waals surface area contributed by atoms with Crippen LogP contribution in [-0.4, -0.2) is 20.7 Å². The van der Waals surface area contributed by atoms with E-state index in [4.69, 9.17) is 4.74 Å². The van der Waals surface area contributed by atoms with E-state index in [1.807, 2.05) is 12.1 Å². The minimum absolute atomic E-state index is 0.392. The van der Waals surface area contributed by atoms with Gasteiger partial charge in [-0.25, -0.2) is 0 Å². The summed E-state index contributed by atoms with van der Waals surface area (Å²) in [5, 5.41) is 3.51. The predicted octanol–water partition coefficient (Wildman–Crippen LogP) is 3.37. The van der Waals surface area contributed by atoms with Crippen molar-refractivity contribution < 1.29 is 4.74 Å². The first kappa shape index (κ1) is 14.0. The monoisotopic (exact) mass is 282 g/mol. The molecule has 1 aliphatic heterocycles. The zero-order valence-corrected chi connectivity index (χ0v) is 12.7. The number of ether oxygens (including phenoxy) is 1. The van der Waals surface area contributed by atoms with Crippen molar-refractivity contribution in [3.05, 3.63) is 59.7 Å². The number of hydrogen-bond acceptors (Lipinski definition) is 3. The number of benzene rings is 2. The summed E-state index contributed by atoms with van der Waals surface area (Å²) in [5.41, 5.74) is 4.01. The van der Waals surface area contributed by atoms with Gasteiger partial charge in [0.2, 0.25) is 0 Å². The number of hydrogen-bond donors (Lipinski definition) is 1. The van der Waals surface area contributed by atoms with Gasteiger partial charge in [0.15, 0.2) is 0 Å². The molecule has 0 bridgehead atoms. The fourth-order valence-electron chi connectivity index (χ4n) is 3.05. The molecule has 3 nitrogen and oxygen atoms in total. The van der Waals surface area contributed by atoms with E-state index in [1.165, 1.54) is 16.8 Å². The van der Waals surface area contributed by atoms with E-state index < -0.39 is 0 Å². The molecule has 0 fully saturated rings. The molecule has 1 N–H and O–H groups in total. The first-order valence-electron chi connectivity index (χ1n) is 7.45. The average Bonchev–Trinajstić information content (AvgIpc) is 2.76. The van der Waals surface area contributed by atoms with Gasteiger partial charge in [0.1, 0.15) is 5.75 Å². The first-order valence-corrected chi connectivity index (χ1v) is 7.45. The van der Waals surface area contributed by atoms with Crippen LogP contribution in [0, 0.1) is 0 Å². The number of methoxy groups -OCH3 is 1. The molecule has 110 valence electrons. The van der Waals surface area contributed by atoms with Gasteiger partial charge in [0.25, 0.3) is 0 Å². The van der Waals surface area contributed by atoms with Crippen LogP contribution in [-0.2, 0) is 6.54 Å². The number of anilines is 1. The molecule has 0 aromatic heterocycles. The van der Waals surface area contributed by atoms with E-state index in [-0.39, 0.29) is 0 Å². The van der Waals surface area contributed by atoms with E-state index in [0.717, 1.165) is 25.3 Å². The van der Waals surface area contributed by atoms with E-state index in [0.29, 0.717) is 6.04 Å². The predicted molar refractivity (Wildman–Crippen MR) is 86.9 cm³/mol. The summed E-state index contributed by atoms with van der Waals surface area (Å²) in [7, 11) is 3.88. The molecule has 0 spiro atoms. The fraction of sp³-hybridized carbons (Fsp3) is 0.333. The van der Waals surface area contributed by atoms with Crippen LogP contribution in [0.4, 0.5) is 5.69 Å². The van der Waals surface area contributed by atoms with Crippen molar-refractivity contribution in [2.24, 2.45) is 0 Å². The van der Waals surface area contributed by atoms with Crippen LogP contribution in [0.25, 0.3) is 0 Å². The van der Waals surface area contributed by atoms with Gasteiger partial charge < -0.3 is 15.0 Å². The van der Waals surface area contributed by atoms with Crippen LogP contribution < -0.4 is 15.0 Å². The van der Waals surface area contributed by atoms with Gasteiger partial charge in [-0.15, -0.1) is 0 Å². The number of nitrogens with zero attached hydrogens (tertiary/aromatic N) is 1. The Morgan fingerprint density at radius 1 is 1.14 bits per heavy atom. The minimum Gasteiger partial charge on any atom is -0.497 e. The van der Waals surface area contributed by atoms with Gasteiger partial charge in [-0.3, -0.25) is 0 Å². The lowest BCUT2D eigenvalue weighted by Crippen LogP contribution is -2.25. The van der Waals surface area contributed by atoms with Crippen molar-refractivity contribution in [2.75, 3.05) is 25.6 Å². The van der Waals surface area contributed by atoms with Crippen molar-refractivity contribution in [1.29, 1.82) is 0 Å². The summed E-state index contributed by atoms with van der Waals surface area (Å²) in [6, 6.07) is 17.4. The summed E-state index contributed by atoms with van der Waals surface area (Å²) in [5.74, 6) is 0.902. The lowest BCUT2D eigenvalue weighted by molar-refractivity contribution is 0.414. The zero-order valence-electron chi connectivity index (χ0n) is 12.7. The lowest BCUT2D eigenvalue weighted by Gasteiger charge is -2.30. The first-order chi connectivity index (χ1) is 10.3. The third-order valence-electron chi connectivity index (χ3n) is 4.25. The maximum Gasteiger partial charge on any atom is 0.120 e. The van der Waals surface area contributed by atoms with Gasteiger partial charge in [0, 0.05) is 25.3 Å². The molecule has 0 radical (unpaired) electrons. The maximum atomic E-state index is 5.35. The Balaban J connectivity index is 1.95. The van der Waals surface area contributed by atoms with Gasteiger partial charge in [-0.05, 0) is 36.2 Å². The van der Waals surface area contributed by atoms with Crippen molar-refractivity contribution in [1.82, 2.24) is 5.32 Å². The Morgan fingerprint density at radius 3 is 2.86 bits per heavy atom. The molecule has 2 aromatic carbocycles. The van der Waals surface area contributed by atoms with Crippen LogP contribution in [0.2, 0.25) is 0 Å². The summed E-state index contributed by atoms with van der Waals surface area (Å²) in [6.45, 7) is 1.99. The van der Waals surface area contributed by atoms with Gasteiger partial charge >= 0.3 is 0 Å². The smallest absolute Gasteiger partial charge is 0.120 e. The van der Waals surface area contributed by atoms with Crippen LogP contribution in [0.15, 0.2) is 48.5 Å². The molecule has 0 saturated carbocycles. The van der Waals surface area contributed by atoms with E-state index in [9.17, 15) is 0 Å². The molecular formula is C18H22N2O. The zero-order chi connectivity index (χ0) is 14.7. The van der Waals surface area contributed by atoms with Crippen LogP contribution in [0.1, 0.15) is 23.6 Å². The highest BCUT2D eigenvalue weighted by atomic mass is 16.5. The molecule has 1 atom stereocenters. The van der Waals surface area contributed by atoms with Crippen LogP contribution >= 0.6 is 0 Å². The summed E-state index contributed by atoms with van der Waals surface area (Å²) < 4.78 is 5.35. The highest BCUT2D eigenvalue weighted by molar-refractivity contribution is 5.52. The Labute approximate surface area is 126 Å². The van der Waals surface area contributed by atoms with Gasteiger partial charge in [-0.1, -0.05) is 30.3 Å². The minimum atomic E-state index is 0.392. The Bertz CT molecular complexity index is 612. The maximum absolute atomic E-state index is 5.35. The highest BCUT2D eigenvalue weighted by Gasteiger charge is 2.22. The molecule has 0 saturated heterocycles. The quantitative estimate of drug-likeness (QED) is 0.934. The van der Waals surface area contributed by atoms with Crippen molar-refractivity contribution in [3.8, 4) is 5.75 Å². The number of fused-ring (bicyclic) bond motifs is 1. The second kappa shape index (κ2) is 6.19. The van der Waals surface area contributed by atoms with Crippen LogP contribution in [0.3, 0.4) is 0 Å². The normalized spacial score (nSPS) is 17.7. The molecular weight excluding hydrogens is 260 g/mol. The number of rotatable bonds is 3. The standard InChI is InChI=1S/C18H22N2O/c1-20(15-7-5-8-16(12-15)21-2)18-10-11-19-13-14-6-3-4-9-17(14)18/h3-9,12,18-19H,10-11,13H2,1-2H3. The third kappa shape index (κ3) is 2.88. The summed E-state index contributed by atoms with van der Waals surface area (Å²) in [4.78, 5) is 2.36. The van der Waals surface area contributed by atoms with E-state index in [2.05, 4.69) is 53.7 Å². The third-order valence-corrected chi connectivity index (χ3v) is 4.25. The van der Waals surface area contributed by atoms with E-state index >= 15 is 0 Å². The Hall–Kier alpha value is -2.00. The SMILES string of the molecule is COc1cccc(N(C)C2CCNCc3ccccc32)c1. The Kier molecular flexibility index (Phi) is 4.11. The molecule has 0 amide bonds. The molecule has 21 heavy (non-hydrogen) atoms. The van der Waals surface area contributed by atoms with Crippen molar-refractivity contribution in [3.63, 3.8) is 0 Å². The summed E-state index contributed by atoms with van der Waals surface area (Å²) >= 11 is 0.